The van der Waals surface area contributed by atoms with E-state index in [4.69, 9.17) is 15.2 Å². The second kappa shape index (κ2) is 6.07. The van der Waals surface area contributed by atoms with Gasteiger partial charge in [0.1, 0.15) is 6.04 Å². The molecule has 0 fully saturated rings. The van der Waals surface area contributed by atoms with Crippen molar-refractivity contribution >= 4 is 5.91 Å². The van der Waals surface area contributed by atoms with Crippen molar-refractivity contribution in [1.82, 2.24) is 5.32 Å². The molecule has 0 radical (unpaired) electrons. The maximum atomic E-state index is 11.8. The van der Waals surface area contributed by atoms with Crippen LogP contribution in [0.5, 0.6) is 11.5 Å². The standard InChI is InChI=1S/C17H18N2O3/c1-11(13-7-8-14-15(9-13)22-10-21-14)19-16(17(18)20)12-5-3-2-4-6-12/h2-9,11,16,19H,10H2,1H3,(H2,18,20). The van der Waals surface area contributed by atoms with Gasteiger partial charge in [-0.15, -0.1) is 0 Å². The quantitative estimate of drug-likeness (QED) is 0.888. The zero-order valence-corrected chi connectivity index (χ0v) is 12.3. The molecule has 0 saturated carbocycles. The summed E-state index contributed by atoms with van der Waals surface area (Å²) in [6, 6.07) is 14.6. The normalized spacial score (nSPS) is 15.3. The third-order valence-corrected chi connectivity index (χ3v) is 3.73. The fraction of sp³-hybridized carbons (Fsp3) is 0.235. The summed E-state index contributed by atoms with van der Waals surface area (Å²) in [5, 5.41) is 3.27. The van der Waals surface area contributed by atoms with Gasteiger partial charge in [-0.1, -0.05) is 36.4 Å². The number of primary amides is 1. The van der Waals surface area contributed by atoms with Crippen molar-refractivity contribution in [2.75, 3.05) is 6.79 Å². The molecule has 22 heavy (non-hydrogen) atoms. The van der Waals surface area contributed by atoms with Crippen LogP contribution in [0.4, 0.5) is 0 Å². The summed E-state index contributed by atoms with van der Waals surface area (Å²) in [4.78, 5) is 11.8. The molecule has 0 saturated heterocycles. The Kier molecular flexibility index (Phi) is 3.98. The van der Waals surface area contributed by atoms with E-state index >= 15 is 0 Å². The predicted octanol–water partition coefficient (Wildman–Crippen LogP) is 2.29. The van der Waals surface area contributed by atoms with Crippen LogP contribution in [0, 0.1) is 0 Å². The summed E-state index contributed by atoms with van der Waals surface area (Å²) < 4.78 is 10.7. The van der Waals surface area contributed by atoms with E-state index in [1.807, 2.05) is 55.5 Å². The van der Waals surface area contributed by atoms with Crippen molar-refractivity contribution in [3.8, 4) is 11.5 Å². The number of nitrogens with two attached hydrogens (primary N) is 1. The van der Waals surface area contributed by atoms with E-state index in [9.17, 15) is 4.79 Å². The fourth-order valence-electron chi connectivity index (χ4n) is 2.52. The van der Waals surface area contributed by atoms with Gasteiger partial charge in [-0.25, -0.2) is 0 Å². The van der Waals surface area contributed by atoms with Gasteiger partial charge in [0.05, 0.1) is 0 Å². The Morgan fingerprint density at radius 2 is 1.82 bits per heavy atom. The smallest absolute Gasteiger partial charge is 0.239 e. The van der Waals surface area contributed by atoms with Crippen LogP contribution in [0.25, 0.3) is 0 Å². The summed E-state index contributed by atoms with van der Waals surface area (Å²) >= 11 is 0. The minimum atomic E-state index is -0.540. The summed E-state index contributed by atoms with van der Waals surface area (Å²) in [6.45, 7) is 2.23. The molecule has 0 aliphatic carbocycles. The second-order valence-electron chi connectivity index (χ2n) is 5.25. The Labute approximate surface area is 129 Å². The molecule has 2 aromatic rings. The number of amides is 1. The molecule has 1 aliphatic heterocycles. The highest BCUT2D eigenvalue weighted by atomic mass is 16.7. The molecule has 1 amide bonds. The van der Waals surface area contributed by atoms with Crippen molar-refractivity contribution in [3.63, 3.8) is 0 Å². The van der Waals surface area contributed by atoms with E-state index in [0.29, 0.717) is 0 Å². The van der Waals surface area contributed by atoms with Gasteiger partial charge in [-0.05, 0) is 30.2 Å². The van der Waals surface area contributed by atoms with E-state index in [-0.39, 0.29) is 12.8 Å². The van der Waals surface area contributed by atoms with E-state index in [1.165, 1.54) is 0 Å². The minimum Gasteiger partial charge on any atom is -0.454 e. The van der Waals surface area contributed by atoms with Crippen LogP contribution in [0.1, 0.15) is 30.1 Å². The Hall–Kier alpha value is -2.53. The van der Waals surface area contributed by atoms with Crippen molar-refractivity contribution in [3.05, 3.63) is 59.7 Å². The monoisotopic (exact) mass is 298 g/mol. The summed E-state index contributed by atoms with van der Waals surface area (Å²) in [5.41, 5.74) is 7.39. The Balaban J connectivity index is 1.79. The molecule has 3 N–H and O–H groups in total. The van der Waals surface area contributed by atoms with Gasteiger partial charge in [0.15, 0.2) is 11.5 Å². The molecule has 1 heterocycles. The molecule has 2 atom stereocenters. The predicted molar refractivity (Wildman–Crippen MR) is 82.5 cm³/mol. The van der Waals surface area contributed by atoms with Crippen LogP contribution < -0.4 is 20.5 Å². The van der Waals surface area contributed by atoms with Gasteiger partial charge in [-0.2, -0.15) is 0 Å². The number of carbonyl (C=O) groups is 1. The number of carbonyl (C=O) groups excluding carboxylic acids is 1. The van der Waals surface area contributed by atoms with Gasteiger partial charge in [0.25, 0.3) is 0 Å². The third-order valence-electron chi connectivity index (χ3n) is 3.73. The van der Waals surface area contributed by atoms with Crippen LogP contribution in [-0.4, -0.2) is 12.7 Å². The highest BCUT2D eigenvalue weighted by molar-refractivity contribution is 5.81. The lowest BCUT2D eigenvalue weighted by Gasteiger charge is -2.21. The van der Waals surface area contributed by atoms with Crippen LogP contribution in [0.15, 0.2) is 48.5 Å². The van der Waals surface area contributed by atoms with Crippen molar-refractivity contribution in [2.45, 2.75) is 19.0 Å². The average molecular weight is 298 g/mol. The number of ether oxygens (including phenoxy) is 2. The average Bonchev–Trinajstić information content (AvgIpc) is 3.00. The number of rotatable bonds is 5. The molecular formula is C17H18N2O3. The lowest BCUT2D eigenvalue weighted by Crippen LogP contribution is -2.35. The molecule has 1 aliphatic rings. The molecule has 5 nitrogen and oxygen atoms in total. The first kappa shape index (κ1) is 14.4. The molecule has 0 bridgehead atoms. The zero-order valence-electron chi connectivity index (χ0n) is 12.3. The highest BCUT2D eigenvalue weighted by Crippen LogP contribution is 2.34. The molecule has 2 unspecified atom stereocenters. The number of fused-ring (bicyclic) bond motifs is 1. The van der Waals surface area contributed by atoms with E-state index in [0.717, 1.165) is 22.6 Å². The topological polar surface area (TPSA) is 73.6 Å². The maximum absolute atomic E-state index is 11.8. The lowest BCUT2D eigenvalue weighted by molar-refractivity contribution is -0.120. The maximum Gasteiger partial charge on any atom is 0.239 e. The van der Waals surface area contributed by atoms with Gasteiger partial charge in [0, 0.05) is 6.04 Å². The first-order chi connectivity index (χ1) is 10.6. The number of hydrogen-bond acceptors (Lipinski definition) is 4. The SMILES string of the molecule is CC(NC(C(N)=O)c1ccccc1)c1ccc2c(c1)OCO2. The van der Waals surface area contributed by atoms with E-state index < -0.39 is 11.9 Å². The molecule has 3 rings (SSSR count). The van der Waals surface area contributed by atoms with E-state index in [2.05, 4.69) is 5.32 Å². The van der Waals surface area contributed by atoms with Gasteiger partial charge < -0.3 is 15.2 Å². The zero-order chi connectivity index (χ0) is 15.5. The van der Waals surface area contributed by atoms with Gasteiger partial charge in [0.2, 0.25) is 12.7 Å². The summed E-state index contributed by atoms with van der Waals surface area (Å²) in [7, 11) is 0. The molecule has 2 aromatic carbocycles. The first-order valence-electron chi connectivity index (χ1n) is 7.15. The Bertz CT molecular complexity index is 673. The summed E-state index contributed by atoms with van der Waals surface area (Å²) in [6.07, 6.45) is 0. The first-order valence-corrected chi connectivity index (χ1v) is 7.15. The van der Waals surface area contributed by atoms with Crippen LogP contribution in [0.3, 0.4) is 0 Å². The molecule has 114 valence electrons. The van der Waals surface area contributed by atoms with E-state index in [1.54, 1.807) is 0 Å². The molecule has 0 aromatic heterocycles. The largest absolute Gasteiger partial charge is 0.454 e. The second-order valence-corrected chi connectivity index (χ2v) is 5.25. The van der Waals surface area contributed by atoms with Crippen LogP contribution in [-0.2, 0) is 4.79 Å². The van der Waals surface area contributed by atoms with Gasteiger partial charge >= 0.3 is 0 Å². The number of nitrogens with one attached hydrogen (secondary N) is 1. The number of hydrogen-bond donors (Lipinski definition) is 2. The van der Waals surface area contributed by atoms with Crippen LogP contribution >= 0.6 is 0 Å². The minimum absolute atomic E-state index is 0.0628. The highest BCUT2D eigenvalue weighted by Gasteiger charge is 2.22. The Morgan fingerprint density at radius 3 is 2.55 bits per heavy atom. The number of benzene rings is 2. The van der Waals surface area contributed by atoms with Crippen molar-refractivity contribution in [2.24, 2.45) is 5.73 Å². The van der Waals surface area contributed by atoms with Crippen molar-refractivity contribution < 1.29 is 14.3 Å². The molecule has 0 spiro atoms. The lowest BCUT2D eigenvalue weighted by atomic mass is 10.0. The van der Waals surface area contributed by atoms with Crippen LogP contribution in [0.2, 0.25) is 0 Å². The molecular weight excluding hydrogens is 280 g/mol. The third kappa shape index (κ3) is 2.89. The van der Waals surface area contributed by atoms with Gasteiger partial charge in [-0.3, -0.25) is 10.1 Å². The summed E-state index contributed by atoms with van der Waals surface area (Å²) in [5.74, 6) is 1.06. The Morgan fingerprint density at radius 1 is 1.09 bits per heavy atom. The van der Waals surface area contributed by atoms with Crippen molar-refractivity contribution in [1.29, 1.82) is 0 Å². The molecule has 5 heteroatoms. The fourth-order valence-corrected chi connectivity index (χ4v) is 2.52.